The van der Waals surface area contributed by atoms with Crippen molar-refractivity contribution in [3.8, 4) is 12.3 Å². The summed E-state index contributed by atoms with van der Waals surface area (Å²) in [4.78, 5) is 16.5. The maximum Gasteiger partial charge on any atom is 0.337 e. The third-order valence-corrected chi connectivity index (χ3v) is 2.31. The molecule has 0 saturated heterocycles. The van der Waals surface area contributed by atoms with Gasteiger partial charge in [0.1, 0.15) is 5.82 Å². The van der Waals surface area contributed by atoms with Gasteiger partial charge in [0, 0.05) is 12.7 Å². The second-order valence-corrected chi connectivity index (χ2v) is 3.46. The van der Waals surface area contributed by atoms with Gasteiger partial charge in [-0.05, 0) is 13.0 Å². The monoisotopic (exact) mass is 238 g/mol. The van der Waals surface area contributed by atoms with Gasteiger partial charge in [0.15, 0.2) is 0 Å². The first kappa shape index (κ1) is 12.3. The number of hydrogen-bond acceptors (Lipinski definition) is 3. The number of aromatic carboxylic acids is 1. The molecule has 1 rings (SSSR count). The summed E-state index contributed by atoms with van der Waals surface area (Å²) < 4.78 is 0. The Kier molecular flexibility index (Phi) is 4.15. The lowest BCUT2D eigenvalue weighted by molar-refractivity contribution is 0.0696. The van der Waals surface area contributed by atoms with Gasteiger partial charge in [-0.1, -0.05) is 17.5 Å². The second-order valence-electron chi connectivity index (χ2n) is 3.05. The van der Waals surface area contributed by atoms with E-state index in [2.05, 4.69) is 10.9 Å². The number of aromatic nitrogens is 1. The highest BCUT2D eigenvalue weighted by Crippen LogP contribution is 2.23. The molecule has 1 aromatic rings. The van der Waals surface area contributed by atoms with Crippen LogP contribution in [-0.2, 0) is 0 Å². The number of carboxylic acids is 1. The van der Waals surface area contributed by atoms with E-state index in [9.17, 15) is 4.79 Å². The van der Waals surface area contributed by atoms with Crippen molar-refractivity contribution in [2.45, 2.75) is 6.92 Å². The zero-order valence-electron chi connectivity index (χ0n) is 8.77. The fraction of sp³-hybridized carbons (Fsp3) is 0.273. The number of hydrogen-bond donors (Lipinski definition) is 1. The molecule has 0 amide bonds. The van der Waals surface area contributed by atoms with Gasteiger partial charge in [0.05, 0.1) is 17.1 Å². The lowest BCUT2D eigenvalue weighted by Crippen LogP contribution is -2.24. The van der Waals surface area contributed by atoms with Crippen LogP contribution >= 0.6 is 11.6 Å². The number of halogens is 1. The Bertz CT molecular complexity index is 440. The van der Waals surface area contributed by atoms with Gasteiger partial charge in [-0.25, -0.2) is 9.78 Å². The first-order valence-electron chi connectivity index (χ1n) is 4.67. The second kappa shape index (κ2) is 5.38. The van der Waals surface area contributed by atoms with Crippen molar-refractivity contribution in [3.63, 3.8) is 0 Å². The summed E-state index contributed by atoms with van der Waals surface area (Å²) in [6.45, 7) is 2.96. The van der Waals surface area contributed by atoms with Gasteiger partial charge in [-0.3, -0.25) is 0 Å². The van der Waals surface area contributed by atoms with Gasteiger partial charge in [-0.15, -0.1) is 6.42 Å². The SMILES string of the molecule is C#CCN(CC)c1ncc(C(=O)O)cc1Cl. The smallest absolute Gasteiger partial charge is 0.337 e. The standard InChI is InChI=1S/C11H11ClN2O2/c1-3-5-14(4-2)10-9(12)6-8(7-13-10)11(15)16/h1,6-7H,4-5H2,2H3,(H,15,16). The summed E-state index contributed by atoms with van der Waals surface area (Å²) in [6.07, 6.45) is 6.48. The Morgan fingerprint density at radius 1 is 1.75 bits per heavy atom. The molecule has 0 atom stereocenters. The molecule has 4 nitrogen and oxygen atoms in total. The van der Waals surface area contributed by atoms with E-state index in [0.29, 0.717) is 18.9 Å². The molecule has 1 aromatic heterocycles. The molecule has 1 N–H and O–H groups in total. The number of rotatable bonds is 4. The number of nitrogens with zero attached hydrogens (tertiary/aromatic N) is 2. The average molecular weight is 239 g/mol. The molecule has 0 bridgehead atoms. The minimum atomic E-state index is -1.05. The Morgan fingerprint density at radius 3 is 2.88 bits per heavy atom. The summed E-state index contributed by atoms with van der Waals surface area (Å²) in [7, 11) is 0. The molecule has 5 heteroatoms. The number of pyridine rings is 1. The van der Waals surface area contributed by atoms with Gasteiger partial charge in [0.2, 0.25) is 0 Å². The quantitative estimate of drug-likeness (QED) is 0.814. The van der Waals surface area contributed by atoms with Crippen molar-refractivity contribution in [2.75, 3.05) is 18.0 Å². The molecule has 0 aliphatic rings. The van der Waals surface area contributed by atoms with Crippen LogP contribution in [0.5, 0.6) is 0 Å². The molecule has 0 aromatic carbocycles. The van der Waals surface area contributed by atoms with E-state index in [1.54, 1.807) is 4.90 Å². The van der Waals surface area contributed by atoms with Crippen LogP contribution in [-0.4, -0.2) is 29.1 Å². The molecule has 0 unspecified atom stereocenters. The first-order valence-corrected chi connectivity index (χ1v) is 5.05. The zero-order chi connectivity index (χ0) is 12.1. The van der Waals surface area contributed by atoms with Crippen molar-refractivity contribution in [3.05, 3.63) is 22.8 Å². The summed E-state index contributed by atoms with van der Waals surface area (Å²) in [5.74, 6) is 1.94. The number of terminal acetylenes is 1. The Morgan fingerprint density at radius 2 is 2.44 bits per heavy atom. The molecule has 84 valence electrons. The molecule has 16 heavy (non-hydrogen) atoms. The minimum Gasteiger partial charge on any atom is -0.478 e. The highest BCUT2D eigenvalue weighted by atomic mass is 35.5. The molecule has 0 radical (unpaired) electrons. The van der Waals surface area contributed by atoms with Crippen LogP contribution in [0.3, 0.4) is 0 Å². The normalized spacial score (nSPS) is 9.56. The molecule has 0 saturated carbocycles. The average Bonchev–Trinajstić information content (AvgIpc) is 2.26. The van der Waals surface area contributed by atoms with Crippen LogP contribution in [0.4, 0.5) is 5.82 Å². The van der Waals surface area contributed by atoms with Gasteiger partial charge in [-0.2, -0.15) is 0 Å². The molecular formula is C11H11ClN2O2. The molecule has 0 spiro atoms. The maximum absolute atomic E-state index is 10.7. The predicted octanol–water partition coefficient (Wildman–Crippen LogP) is 1.89. The summed E-state index contributed by atoms with van der Waals surface area (Å²) in [6, 6.07) is 1.37. The highest BCUT2D eigenvalue weighted by molar-refractivity contribution is 6.33. The van der Waals surface area contributed by atoms with E-state index in [-0.39, 0.29) is 10.6 Å². The van der Waals surface area contributed by atoms with Crippen molar-refractivity contribution in [1.82, 2.24) is 4.98 Å². The van der Waals surface area contributed by atoms with Crippen molar-refractivity contribution in [1.29, 1.82) is 0 Å². The van der Waals surface area contributed by atoms with Crippen LogP contribution < -0.4 is 4.90 Å². The summed E-state index contributed by atoms with van der Waals surface area (Å²) in [5.41, 5.74) is 0.0607. The molecular weight excluding hydrogens is 228 g/mol. The van der Waals surface area contributed by atoms with Crippen molar-refractivity contribution in [2.24, 2.45) is 0 Å². The van der Waals surface area contributed by atoms with Gasteiger partial charge >= 0.3 is 5.97 Å². The zero-order valence-corrected chi connectivity index (χ0v) is 9.53. The Labute approximate surface area is 98.9 Å². The molecule has 1 heterocycles. The van der Waals surface area contributed by atoms with Gasteiger partial charge in [0.25, 0.3) is 0 Å². The van der Waals surface area contributed by atoms with E-state index >= 15 is 0 Å². The van der Waals surface area contributed by atoms with E-state index in [4.69, 9.17) is 23.1 Å². The van der Waals surface area contributed by atoms with Crippen LogP contribution in [0.2, 0.25) is 5.02 Å². The lowest BCUT2D eigenvalue weighted by Gasteiger charge is -2.20. The predicted molar refractivity (Wildman–Crippen MR) is 62.9 cm³/mol. The number of carbonyl (C=O) groups is 1. The number of carboxylic acid groups (broad SMARTS) is 1. The summed E-state index contributed by atoms with van der Waals surface area (Å²) >= 11 is 5.95. The molecule has 0 aliphatic carbocycles. The Balaban J connectivity index is 3.07. The number of anilines is 1. The fourth-order valence-electron chi connectivity index (χ4n) is 1.23. The van der Waals surface area contributed by atoms with E-state index < -0.39 is 5.97 Å². The maximum atomic E-state index is 10.7. The van der Waals surface area contributed by atoms with Crippen LogP contribution in [0.15, 0.2) is 12.3 Å². The van der Waals surface area contributed by atoms with Crippen molar-refractivity contribution < 1.29 is 9.90 Å². The molecule has 0 fully saturated rings. The van der Waals surface area contributed by atoms with Crippen LogP contribution in [0.25, 0.3) is 0 Å². The molecule has 0 aliphatic heterocycles. The fourth-order valence-corrected chi connectivity index (χ4v) is 1.51. The third-order valence-electron chi connectivity index (χ3n) is 2.03. The van der Waals surface area contributed by atoms with E-state index in [1.807, 2.05) is 6.92 Å². The highest BCUT2D eigenvalue weighted by Gasteiger charge is 2.12. The minimum absolute atomic E-state index is 0.0607. The van der Waals surface area contributed by atoms with Crippen LogP contribution in [0, 0.1) is 12.3 Å². The summed E-state index contributed by atoms with van der Waals surface area (Å²) in [5, 5.41) is 9.04. The van der Waals surface area contributed by atoms with Gasteiger partial charge < -0.3 is 10.0 Å². The van der Waals surface area contributed by atoms with E-state index in [0.717, 1.165) is 0 Å². The Hall–Kier alpha value is -1.73. The third kappa shape index (κ3) is 2.65. The topological polar surface area (TPSA) is 53.4 Å². The van der Waals surface area contributed by atoms with Crippen molar-refractivity contribution >= 4 is 23.4 Å². The van der Waals surface area contributed by atoms with E-state index in [1.165, 1.54) is 12.3 Å². The largest absolute Gasteiger partial charge is 0.478 e. The first-order chi connectivity index (χ1) is 7.60. The lowest BCUT2D eigenvalue weighted by atomic mass is 10.3. The van der Waals surface area contributed by atoms with Crippen LogP contribution in [0.1, 0.15) is 17.3 Å².